The Kier molecular flexibility index (Phi) is 3.53. The van der Waals surface area contributed by atoms with Crippen LogP contribution >= 0.6 is 0 Å². The Hall–Kier alpha value is -0.570. The third-order valence-corrected chi connectivity index (χ3v) is 2.43. The van der Waals surface area contributed by atoms with Gasteiger partial charge < -0.3 is 10.1 Å². The fourth-order valence-corrected chi connectivity index (χ4v) is 1.50. The van der Waals surface area contributed by atoms with Crippen molar-refractivity contribution in [3.05, 3.63) is 0 Å². The van der Waals surface area contributed by atoms with Gasteiger partial charge in [-0.25, -0.2) is 0 Å². The van der Waals surface area contributed by atoms with Gasteiger partial charge in [-0.15, -0.1) is 0 Å². The van der Waals surface area contributed by atoms with E-state index in [0.717, 1.165) is 26.2 Å². The van der Waals surface area contributed by atoms with E-state index in [0.29, 0.717) is 11.8 Å². The smallest absolute Gasteiger partial charge is 0.216 e. The molecule has 1 rings (SSSR count). The van der Waals surface area contributed by atoms with Gasteiger partial charge in [-0.2, -0.15) is 0 Å². The molecule has 0 bridgehead atoms. The van der Waals surface area contributed by atoms with Crippen molar-refractivity contribution in [3.8, 4) is 0 Å². The maximum atomic E-state index is 10.7. The highest BCUT2D eigenvalue weighted by Crippen LogP contribution is 2.20. The van der Waals surface area contributed by atoms with Gasteiger partial charge in [-0.05, 0) is 18.3 Å². The Labute approximate surface area is 73.5 Å². The first-order chi connectivity index (χ1) is 5.70. The molecule has 12 heavy (non-hydrogen) atoms. The van der Waals surface area contributed by atoms with Gasteiger partial charge in [0.25, 0.3) is 0 Å². The molecule has 1 aliphatic rings. The molecule has 0 aromatic heterocycles. The monoisotopic (exact) mass is 171 g/mol. The maximum Gasteiger partial charge on any atom is 0.216 e. The van der Waals surface area contributed by atoms with Gasteiger partial charge in [0.2, 0.25) is 5.91 Å². The first kappa shape index (κ1) is 9.52. The lowest BCUT2D eigenvalue weighted by Crippen LogP contribution is -2.35. The van der Waals surface area contributed by atoms with Crippen LogP contribution in [0, 0.1) is 11.8 Å². The summed E-state index contributed by atoms with van der Waals surface area (Å²) >= 11 is 0. The summed E-state index contributed by atoms with van der Waals surface area (Å²) < 4.78 is 5.31. The molecule has 1 fully saturated rings. The van der Waals surface area contributed by atoms with Gasteiger partial charge in [0.05, 0.1) is 0 Å². The van der Waals surface area contributed by atoms with E-state index in [1.165, 1.54) is 0 Å². The van der Waals surface area contributed by atoms with Crippen molar-refractivity contribution in [2.45, 2.75) is 20.3 Å². The van der Waals surface area contributed by atoms with Crippen molar-refractivity contribution in [3.63, 3.8) is 0 Å². The van der Waals surface area contributed by atoms with Gasteiger partial charge in [0.15, 0.2) is 0 Å². The minimum atomic E-state index is 0.0636. The fourth-order valence-electron chi connectivity index (χ4n) is 1.50. The van der Waals surface area contributed by atoms with Crippen molar-refractivity contribution in [1.29, 1.82) is 0 Å². The zero-order valence-corrected chi connectivity index (χ0v) is 7.80. The lowest BCUT2D eigenvalue weighted by Gasteiger charge is -2.28. The minimum Gasteiger partial charge on any atom is -0.381 e. The number of carbonyl (C=O) groups is 1. The van der Waals surface area contributed by atoms with Gasteiger partial charge in [-0.3, -0.25) is 4.79 Å². The Morgan fingerprint density at radius 2 is 2.42 bits per heavy atom. The third-order valence-electron chi connectivity index (χ3n) is 2.43. The molecule has 0 aromatic rings. The summed E-state index contributed by atoms with van der Waals surface area (Å²) in [5.41, 5.74) is 0. The molecule has 0 aromatic carbocycles. The SMILES string of the molecule is CC(=O)NCC1CCOCC1C. The number of amides is 1. The van der Waals surface area contributed by atoms with Crippen LogP contribution in [0.25, 0.3) is 0 Å². The van der Waals surface area contributed by atoms with E-state index in [9.17, 15) is 4.79 Å². The van der Waals surface area contributed by atoms with Crippen LogP contribution in [0.4, 0.5) is 0 Å². The van der Waals surface area contributed by atoms with E-state index >= 15 is 0 Å². The highest BCUT2D eigenvalue weighted by Gasteiger charge is 2.21. The minimum absolute atomic E-state index is 0.0636. The molecule has 1 N–H and O–H groups in total. The summed E-state index contributed by atoms with van der Waals surface area (Å²) in [5, 5.41) is 2.85. The molecule has 3 heteroatoms. The normalized spacial score (nSPS) is 29.8. The van der Waals surface area contributed by atoms with E-state index in [1.54, 1.807) is 6.92 Å². The van der Waals surface area contributed by atoms with Crippen molar-refractivity contribution in [2.75, 3.05) is 19.8 Å². The molecule has 2 atom stereocenters. The van der Waals surface area contributed by atoms with Crippen LogP contribution in [-0.2, 0) is 9.53 Å². The zero-order chi connectivity index (χ0) is 8.97. The van der Waals surface area contributed by atoms with Crippen molar-refractivity contribution in [2.24, 2.45) is 11.8 Å². The molecule has 1 saturated heterocycles. The Balaban J connectivity index is 2.24. The molecule has 0 radical (unpaired) electrons. The molecule has 0 spiro atoms. The summed E-state index contributed by atoms with van der Waals surface area (Å²) in [5.74, 6) is 1.24. The molecule has 1 amide bonds. The van der Waals surface area contributed by atoms with Gasteiger partial charge in [0, 0.05) is 26.7 Å². The molecular formula is C9H17NO2. The second kappa shape index (κ2) is 4.45. The molecule has 3 nitrogen and oxygen atoms in total. The quantitative estimate of drug-likeness (QED) is 0.667. The van der Waals surface area contributed by atoms with Crippen LogP contribution in [0.15, 0.2) is 0 Å². The number of nitrogens with one attached hydrogen (secondary N) is 1. The van der Waals surface area contributed by atoms with Crippen LogP contribution in [0.3, 0.4) is 0 Å². The number of carbonyl (C=O) groups excluding carboxylic acids is 1. The van der Waals surface area contributed by atoms with E-state index in [-0.39, 0.29) is 5.91 Å². The summed E-state index contributed by atoms with van der Waals surface area (Å²) in [4.78, 5) is 10.7. The Bertz CT molecular complexity index is 159. The van der Waals surface area contributed by atoms with Crippen molar-refractivity contribution >= 4 is 5.91 Å². The number of rotatable bonds is 2. The van der Waals surface area contributed by atoms with Crippen LogP contribution in [0.5, 0.6) is 0 Å². The predicted octanol–water partition coefficient (Wildman–Crippen LogP) is 0.795. The summed E-state index contributed by atoms with van der Waals surface area (Å²) in [6, 6.07) is 0. The number of hydrogen-bond donors (Lipinski definition) is 1. The van der Waals surface area contributed by atoms with E-state index in [4.69, 9.17) is 4.74 Å². The number of hydrogen-bond acceptors (Lipinski definition) is 2. The van der Waals surface area contributed by atoms with E-state index < -0.39 is 0 Å². The van der Waals surface area contributed by atoms with Crippen LogP contribution in [0.1, 0.15) is 20.3 Å². The van der Waals surface area contributed by atoms with Gasteiger partial charge in [0.1, 0.15) is 0 Å². The van der Waals surface area contributed by atoms with Crippen LogP contribution < -0.4 is 5.32 Å². The summed E-state index contributed by atoms with van der Waals surface area (Å²) in [6.45, 7) is 6.22. The molecule has 1 aliphatic heterocycles. The lowest BCUT2D eigenvalue weighted by molar-refractivity contribution is -0.119. The second-order valence-corrected chi connectivity index (χ2v) is 3.54. The summed E-state index contributed by atoms with van der Waals surface area (Å²) in [7, 11) is 0. The molecule has 70 valence electrons. The second-order valence-electron chi connectivity index (χ2n) is 3.54. The zero-order valence-electron chi connectivity index (χ0n) is 7.80. The molecular weight excluding hydrogens is 154 g/mol. The van der Waals surface area contributed by atoms with Gasteiger partial charge in [-0.1, -0.05) is 6.92 Å². The molecule has 0 saturated carbocycles. The Morgan fingerprint density at radius 1 is 1.67 bits per heavy atom. The van der Waals surface area contributed by atoms with Crippen LogP contribution in [-0.4, -0.2) is 25.7 Å². The molecule has 0 aliphatic carbocycles. The fraction of sp³-hybridized carbons (Fsp3) is 0.889. The van der Waals surface area contributed by atoms with Crippen LogP contribution in [0.2, 0.25) is 0 Å². The average molecular weight is 171 g/mol. The topological polar surface area (TPSA) is 38.3 Å². The standard InChI is InChI=1S/C9H17NO2/c1-7-6-12-4-3-9(7)5-10-8(2)11/h7,9H,3-6H2,1-2H3,(H,10,11). The summed E-state index contributed by atoms with van der Waals surface area (Å²) in [6.07, 6.45) is 1.07. The highest BCUT2D eigenvalue weighted by molar-refractivity contribution is 5.72. The molecule has 2 unspecified atom stereocenters. The van der Waals surface area contributed by atoms with E-state index in [1.807, 2.05) is 0 Å². The average Bonchev–Trinajstić information content (AvgIpc) is 2.03. The lowest BCUT2D eigenvalue weighted by atomic mass is 9.90. The van der Waals surface area contributed by atoms with E-state index in [2.05, 4.69) is 12.2 Å². The first-order valence-corrected chi connectivity index (χ1v) is 4.52. The number of ether oxygens (including phenoxy) is 1. The van der Waals surface area contributed by atoms with Crippen molar-refractivity contribution in [1.82, 2.24) is 5.32 Å². The third kappa shape index (κ3) is 2.81. The van der Waals surface area contributed by atoms with Gasteiger partial charge >= 0.3 is 0 Å². The van der Waals surface area contributed by atoms with Crippen molar-refractivity contribution < 1.29 is 9.53 Å². The predicted molar refractivity (Wildman–Crippen MR) is 46.8 cm³/mol. The maximum absolute atomic E-state index is 10.7. The Morgan fingerprint density at radius 3 is 3.00 bits per heavy atom. The molecule has 1 heterocycles. The first-order valence-electron chi connectivity index (χ1n) is 4.52. The largest absolute Gasteiger partial charge is 0.381 e. The highest BCUT2D eigenvalue weighted by atomic mass is 16.5.